The van der Waals surface area contributed by atoms with E-state index in [-0.39, 0.29) is 6.61 Å². The number of nitrogens with one attached hydrogen (secondary N) is 1. The van der Waals surface area contributed by atoms with Crippen molar-refractivity contribution in [3.8, 4) is 0 Å². The van der Waals surface area contributed by atoms with E-state index in [1.54, 1.807) is 0 Å². The van der Waals surface area contributed by atoms with Crippen molar-refractivity contribution < 1.29 is 9.84 Å². The topological polar surface area (TPSA) is 41.5 Å². The lowest BCUT2D eigenvalue weighted by Crippen LogP contribution is -2.19. The van der Waals surface area contributed by atoms with Crippen LogP contribution in [-0.2, 0) is 4.74 Å². The quantitative estimate of drug-likeness (QED) is 0.640. The molecule has 2 N–H and O–H groups in total. The van der Waals surface area contributed by atoms with Crippen molar-refractivity contribution in [3.63, 3.8) is 0 Å². The van der Waals surface area contributed by atoms with Crippen LogP contribution in [0.5, 0.6) is 0 Å². The average molecular weight is 235 g/mol. The van der Waals surface area contributed by atoms with Gasteiger partial charge in [0.05, 0.1) is 13.2 Å². The fourth-order valence-corrected chi connectivity index (χ4v) is 1.48. The summed E-state index contributed by atoms with van der Waals surface area (Å²) in [4.78, 5) is 0. The van der Waals surface area contributed by atoms with Crippen molar-refractivity contribution in [2.45, 2.75) is 6.42 Å². The molecule has 0 aliphatic rings. The van der Waals surface area contributed by atoms with Gasteiger partial charge in [-0.2, -0.15) is 0 Å². The third-order valence-electron chi connectivity index (χ3n) is 2.40. The lowest BCUT2D eigenvalue weighted by Gasteiger charge is -2.08. The Morgan fingerprint density at radius 1 is 1.24 bits per heavy atom. The van der Waals surface area contributed by atoms with Crippen LogP contribution in [0.3, 0.4) is 0 Å². The lowest BCUT2D eigenvalue weighted by molar-refractivity contribution is 0.0909. The largest absolute Gasteiger partial charge is 0.394 e. The number of hydrogen-bond acceptors (Lipinski definition) is 3. The van der Waals surface area contributed by atoms with Gasteiger partial charge in [-0.25, -0.2) is 0 Å². The number of rotatable bonds is 9. The van der Waals surface area contributed by atoms with E-state index in [1.807, 2.05) is 18.2 Å². The maximum Gasteiger partial charge on any atom is 0.0697 e. The fourth-order valence-electron chi connectivity index (χ4n) is 1.48. The molecule has 0 aliphatic carbocycles. The smallest absolute Gasteiger partial charge is 0.0697 e. The molecule has 0 radical (unpaired) electrons. The Labute approximate surface area is 103 Å². The van der Waals surface area contributed by atoms with Gasteiger partial charge in [0, 0.05) is 13.2 Å². The molecule has 0 spiro atoms. The predicted molar refractivity (Wildman–Crippen MR) is 70.9 cm³/mol. The summed E-state index contributed by atoms with van der Waals surface area (Å²) >= 11 is 0. The highest BCUT2D eigenvalue weighted by molar-refractivity contribution is 5.64. The van der Waals surface area contributed by atoms with Gasteiger partial charge in [-0.3, -0.25) is 0 Å². The van der Waals surface area contributed by atoms with Crippen molar-refractivity contribution in [1.29, 1.82) is 0 Å². The molecule has 3 nitrogen and oxygen atoms in total. The minimum atomic E-state index is 0.0955. The van der Waals surface area contributed by atoms with E-state index in [1.165, 1.54) is 5.56 Å². The van der Waals surface area contributed by atoms with Crippen LogP contribution in [0.4, 0.5) is 0 Å². The molecule has 0 aromatic heterocycles. The summed E-state index contributed by atoms with van der Waals surface area (Å²) in [6.07, 6.45) is 0.946. The van der Waals surface area contributed by atoms with Crippen LogP contribution in [-0.4, -0.2) is 38.0 Å². The highest BCUT2D eigenvalue weighted by Gasteiger charge is 1.96. The molecular formula is C14H21NO2. The van der Waals surface area contributed by atoms with Crippen LogP contribution in [0.1, 0.15) is 12.0 Å². The Kier molecular flexibility index (Phi) is 7.30. The molecule has 0 bridgehead atoms. The van der Waals surface area contributed by atoms with E-state index in [0.29, 0.717) is 13.2 Å². The van der Waals surface area contributed by atoms with E-state index in [9.17, 15) is 0 Å². The van der Waals surface area contributed by atoms with Gasteiger partial charge in [-0.05, 0) is 24.1 Å². The van der Waals surface area contributed by atoms with E-state index in [2.05, 4.69) is 24.0 Å². The number of aliphatic hydroxyl groups is 1. The van der Waals surface area contributed by atoms with Crippen LogP contribution in [0, 0.1) is 0 Å². The molecule has 0 saturated carbocycles. The Morgan fingerprint density at radius 3 is 2.71 bits per heavy atom. The number of benzene rings is 1. The van der Waals surface area contributed by atoms with Crippen LogP contribution < -0.4 is 5.32 Å². The third kappa shape index (κ3) is 6.22. The monoisotopic (exact) mass is 235 g/mol. The third-order valence-corrected chi connectivity index (χ3v) is 2.40. The Hall–Kier alpha value is -1.16. The summed E-state index contributed by atoms with van der Waals surface area (Å²) < 4.78 is 5.16. The van der Waals surface area contributed by atoms with Crippen molar-refractivity contribution in [3.05, 3.63) is 42.5 Å². The molecule has 3 heteroatoms. The molecule has 1 aromatic rings. The zero-order chi connectivity index (χ0) is 12.3. The van der Waals surface area contributed by atoms with Crippen molar-refractivity contribution >= 4 is 5.57 Å². The SMILES string of the molecule is C=C(CNCCCOCCO)c1ccccc1. The second kappa shape index (κ2) is 8.93. The van der Waals surface area contributed by atoms with Gasteiger partial charge in [0.2, 0.25) is 0 Å². The van der Waals surface area contributed by atoms with Gasteiger partial charge in [0.15, 0.2) is 0 Å². The maximum atomic E-state index is 8.52. The minimum absolute atomic E-state index is 0.0955. The van der Waals surface area contributed by atoms with E-state index in [4.69, 9.17) is 9.84 Å². The number of hydrogen-bond donors (Lipinski definition) is 2. The van der Waals surface area contributed by atoms with Gasteiger partial charge < -0.3 is 15.2 Å². The second-order valence-corrected chi connectivity index (χ2v) is 3.84. The van der Waals surface area contributed by atoms with Gasteiger partial charge in [0.1, 0.15) is 0 Å². The standard InChI is InChI=1S/C14H21NO2/c1-13(14-6-3-2-4-7-14)12-15-8-5-10-17-11-9-16/h2-4,6-7,15-16H,1,5,8-12H2. The highest BCUT2D eigenvalue weighted by atomic mass is 16.5. The van der Waals surface area contributed by atoms with E-state index < -0.39 is 0 Å². The predicted octanol–water partition coefficient (Wildman–Crippen LogP) is 1.69. The van der Waals surface area contributed by atoms with Gasteiger partial charge >= 0.3 is 0 Å². The highest BCUT2D eigenvalue weighted by Crippen LogP contribution is 2.09. The molecule has 0 amide bonds. The molecule has 17 heavy (non-hydrogen) atoms. The molecule has 1 rings (SSSR count). The summed E-state index contributed by atoms with van der Waals surface area (Å²) in [7, 11) is 0. The lowest BCUT2D eigenvalue weighted by atomic mass is 10.1. The van der Waals surface area contributed by atoms with Crippen molar-refractivity contribution in [2.24, 2.45) is 0 Å². The first kappa shape index (κ1) is 13.9. The second-order valence-electron chi connectivity index (χ2n) is 3.84. The molecule has 1 aromatic carbocycles. The Bertz CT molecular complexity index is 311. The van der Waals surface area contributed by atoms with Crippen LogP contribution in [0.15, 0.2) is 36.9 Å². The zero-order valence-electron chi connectivity index (χ0n) is 10.2. The first-order valence-corrected chi connectivity index (χ1v) is 5.97. The number of aliphatic hydroxyl groups excluding tert-OH is 1. The molecule has 0 aliphatic heterocycles. The van der Waals surface area contributed by atoms with Gasteiger partial charge in [-0.15, -0.1) is 0 Å². The van der Waals surface area contributed by atoms with Gasteiger partial charge in [0.25, 0.3) is 0 Å². The first-order chi connectivity index (χ1) is 8.34. The summed E-state index contributed by atoms with van der Waals surface area (Å²) in [6.45, 7) is 6.95. The van der Waals surface area contributed by atoms with Crippen LogP contribution >= 0.6 is 0 Å². The van der Waals surface area contributed by atoms with Crippen LogP contribution in [0.25, 0.3) is 5.57 Å². The summed E-state index contributed by atoms with van der Waals surface area (Å²) in [5, 5.41) is 11.8. The van der Waals surface area contributed by atoms with E-state index >= 15 is 0 Å². The number of ether oxygens (including phenoxy) is 1. The van der Waals surface area contributed by atoms with Crippen LogP contribution in [0.2, 0.25) is 0 Å². The zero-order valence-corrected chi connectivity index (χ0v) is 10.2. The normalized spacial score (nSPS) is 10.4. The average Bonchev–Trinajstić information content (AvgIpc) is 2.38. The molecule has 0 unspecified atom stereocenters. The van der Waals surface area contributed by atoms with E-state index in [0.717, 1.165) is 25.1 Å². The summed E-state index contributed by atoms with van der Waals surface area (Å²) in [6, 6.07) is 10.2. The molecule has 94 valence electrons. The minimum Gasteiger partial charge on any atom is -0.394 e. The van der Waals surface area contributed by atoms with Gasteiger partial charge in [-0.1, -0.05) is 36.9 Å². The first-order valence-electron chi connectivity index (χ1n) is 5.97. The maximum absolute atomic E-state index is 8.52. The van der Waals surface area contributed by atoms with Crippen molar-refractivity contribution in [1.82, 2.24) is 5.32 Å². The summed E-state index contributed by atoms with van der Waals surface area (Å²) in [5.41, 5.74) is 2.28. The Morgan fingerprint density at radius 2 is 2.00 bits per heavy atom. The molecule has 0 atom stereocenters. The molecule has 0 saturated heterocycles. The molecule has 0 fully saturated rings. The van der Waals surface area contributed by atoms with Crippen molar-refractivity contribution in [2.75, 3.05) is 32.9 Å². The Balaban J connectivity index is 2.05. The molecule has 0 heterocycles. The fraction of sp³-hybridized carbons (Fsp3) is 0.429. The molecular weight excluding hydrogens is 214 g/mol. The summed E-state index contributed by atoms with van der Waals surface area (Å²) in [5.74, 6) is 0.